The zero-order valence-electron chi connectivity index (χ0n) is 18.1. The molecule has 5 N–H and O–H groups in total. The van der Waals surface area contributed by atoms with E-state index in [2.05, 4.69) is 10.3 Å². The molecule has 0 saturated carbocycles. The molecule has 172 valence electrons. The normalized spacial score (nSPS) is 10.8. The zero-order chi connectivity index (χ0) is 24.4. The SMILES string of the molecule is CN(Cc1ccccc1)c1cc(F)cc2c(O)c(C(=O)Nc3ccc(C(N)=O)cc3)c(=O)[nH]c12. The molecule has 0 fully saturated rings. The Morgan fingerprint density at radius 1 is 1.09 bits per heavy atom. The van der Waals surface area contributed by atoms with E-state index in [1.807, 2.05) is 30.3 Å². The molecule has 0 spiro atoms. The van der Waals surface area contributed by atoms with Crippen molar-refractivity contribution in [3.05, 3.63) is 99.6 Å². The molecule has 0 aliphatic carbocycles. The maximum Gasteiger partial charge on any atom is 0.265 e. The monoisotopic (exact) mass is 460 g/mol. The van der Waals surface area contributed by atoms with Crippen LogP contribution in [0.3, 0.4) is 0 Å². The maximum atomic E-state index is 14.5. The van der Waals surface area contributed by atoms with E-state index in [-0.39, 0.29) is 22.2 Å². The number of halogens is 1. The van der Waals surface area contributed by atoms with Gasteiger partial charge < -0.3 is 26.0 Å². The van der Waals surface area contributed by atoms with Crippen LogP contribution >= 0.6 is 0 Å². The zero-order valence-corrected chi connectivity index (χ0v) is 18.1. The van der Waals surface area contributed by atoms with Crippen LogP contribution in [0.1, 0.15) is 26.3 Å². The number of nitrogens with one attached hydrogen (secondary N) is 2. The number of nitrogens with two attached hydrogens (primary N) is 1. The van der Waals surface area contributed by atoms with Gasteiger partial charge in [0.15, 0.2) is 0 Å². The maximum absolute atomic E-state index is 14.5. The third-order valence-electron chi connectivity index (χ3n) is 5.37. The lowest BCUT2D eigenvalue weighted by atomic mass is 10.1. The highest BCUT2D eigenvalue weighted by Gasteiger charge is 2.22. The molecule has 4 rings (SSSR count). The summed E-state index contributed by atoms with van der Waals surface area (Å²) in [6, 6.07) is 17.5. The van der Waals surface area contributed by atoms with Gasteiger partial charge >= 0.3 is 0 Å². The van der Waals surface area contributed by atoms with Crippen molar-refractivity contribution in [3.63, 3.8) is 0 Å². The van der Waals surface area contributed by atoms with Crippen LogP contribution in [0, 0.1) is 5.82 Å². The predicted octanol–water partition coefficient (Wildman–Crippen LogP) is 3.36. The number of amides is 2. The van der Waals surface area contributed by atoms with Crippen LogP contribution in [0.15, 0.2) is 71.5 Å². The van der Waals surface area contributed by atoms with Crippen LogP contribution in [0.25, 0.3) is 10.9 Å². The number of anilines is 2. The van der Waals surface area contributed by atoms with Crippen molar-refractivity contribution in [2.24, 2.45) is 5.73 Å². The number of H-pyrrole nitrogens is 1. The van der Waals surface area contributed by atoms with Gasteiger partial charge in [0.2, 0.25) is 5.91 Å². The summed E-state index contributed by atoms with van der Waals surface area (Å²) >= 11 is 0. The highest BCUT2D eigenvalue weighted by molar-refractivity contribution is 6.10. The Hall–Kier alpha value is -4.66. The summed E-state index contributed by atoms with van der Waals surface area (Å²) in [5.74, 6) is -2.80. The van der Waals surface area contributed by atoms with Gasteiger partial charge in [-0.15, -0.1) is 0 Å². The standard InChI is InChI=1S/C25H21FN4O4/c1-30(13-14-5-3-2-4-6-14)19-12-16(26)11-18-21(19)29-25(34)20(22(18)31)24(33)28-17-9-7-15(8-10-17)23(27)32/h2-12H,13H2,1H3,(H2,27,32)(H,28,33)(H2,29,31,34). The molecule has 3 aromatic carbocycles. The molecule has 9 heteroatoms. The van der Waals surface area contributed by atoms with Gasteiger partial charge in [-0.1, -0.05) is 30.3 Å². The first-order chi connectivity index (χ1) is 16.2. The lowest BCUT2D eigenvalue weighted by Crippen LogP contribution is -2.24. The number of aromatic nitrogens is 1. The number of aromatic hydroxyl groups is 1. The largest absolute Gasteiger partial charge is 0.506 e. The number of nitrogens with zero attached hydrogens (tertiary/aromatic N) is 1. The van der Waals surface area contributed by atoms with Crippen molar-refractivity contribution < 1.29 is 19.1 Å². The smallest absolute Gasteiger partial charge is 0.265 e. The Kier molecular flexibility index (Phi) is 6.01. The highest BCUT2D eigenvalue weighted by Crippen LogP contribution is 2.33. The van der Waals surface area contributed by atoms with Crippen molar-refractivity contribution in [1.29, 1.82) is 0 Å². The molecule has 0 saturated heterocycles. The van der Waals surface area contributed by atoms with E-state index < -0.39 is 34.5 Å². The lowest BCUT2D eigenvalue weighted by Gasteiger charge is -2.22. The second kappa shape index (κ2) is 9.07. The fourth-order valence-electron chi connectivity index (χ4n) is 3.69. The molecule has 1 heterocycles. The first-order valence-electron chi connectivity index (χ1n) is 10.3. The van der Waals surface area contributed by atoms with E-state index in [0.29, 0.717) is 12.2 Å². The van der Waals surface area contributed by atoms with Gasteiger partial charge in [0.25, 0.3) is 11.5 Å². The van der Waals surface area contributed by atoms with Crippen molar-refractivity contribution in [1.82, 2.24) is 4.98 Å². The molecule has 0 unspecified atom stereocenters. The second-order valence-electron chi connectivity index (χ2n) is 7.76. The molecule has 0 aliphatic heterocycles. The molecule has 8 nitrogen and oxygen atoms in total. The summed E-state index contributed by atoms with van der Waals surface area (Å²) in [5.41, 5.74) is 5.83. The number of fused-ring (bicyclic) bond motifs is 1. The Balaban J connectivity index is 1.72. The second-order valence-corrected chi connectivity index (χ2v) is 7.76. The van der Waals surface area contributed by atoms with Crippen LogP contribution in [0.2, 0.25) is 0 Å². The van der Waals surface area contributed by atoms with E-state index >= 15 is 0 Å². The Morgan fingerprint density at radius 3 is 2.41 bits per heavy atom. The Bertz CT molecular complexity index is 1450. The summed E-state index contributed by atoms with van der Waals surface area (Å²) in [4.78, 5) is 41.1. The molecule has 1 aromatic heterocycles. The van der Waals surface area contributed by atoms with Crippen LogP contribution in [0.4, 0.5) is 15.8 Å². The first kappa shape index (κ1) is 22.5. The third kappa shape index (κ3) is 4.44. The fourth-order valence-corrected chi connectivity index (χ4v) is 3.69. The summed E-state index contributed by atoms with van der Waals surface area (Å²) < 4.78 is 14.5. The van der Waals surface area contributed by atoms with Gasteiger partial charge in [-0.05, 0) is 42.0 Å². The van der Waals surface area contributed by atoms with E-state index in [1.54, 1.807) is 11.9 Å². The molecule has 0 radical (unpaired) electrons. The fraction of sp³-hybridized carbons (Fsp3) is 0.0800. The number of hydrogen-bond acceptors (Lipinski definition) is 5. The molecule has 2 amide bonds. The molecule has 0 aliphatic rings. The number of aromatic amines is 1. The van der Waals surface area contributed by atoms with Crippen molar-refractivity contribution in [3.8, 4) is 5.75 Å². The molecule has 4 aromatic rings. The summed E-state index contributed by atoms with van der Waals surface area (Å²) in [7, 11) is 1.73. The van der Waals surface area contributed by atoms with Gasteiger partial charge in [0.05, 0.1) is 11.2 Å². The minimum Gasteiger partial charge on any atom is -0.506 e. The van der Waals surface area contributed by atoms with Crippen LogP contribution in [0.5, 0.6) is 5.75 Å². The lowest BCUT2D eigenvalue weighted by molar-refractivity contribution is 0.0997. The van der Waals surface area contributed by atoms with Crippen LogP contribution in [-0.2, 0) is 6.54 Å². The number of rotatable bonds is 6. The van der Waals surface area contributed by atoms with Gasteiger partial charge in [-0.3, -0.25) is 14.4 Å². The molecule has 34 heavy (non-hydrogen) atoms. The van der Waals surface area contributed by atoms with E-state index in [9.17, 15) is 23.9 Å². The van der Waals surface area contributed by atoms with Gasteiger partial charge in [-0.2, -0.15) is 0 Å². The number of pyridine rings is 1. The summed E-state index contributed by atoms with van der Waals surface area (Å²) in [6.07, 6.45) is 0. The highest BCUT2D eigenvalue weighted by atomic mass is 19.1. The van der Waals surface area contributed by atoms with Gasteiger partial charge in [0, 0.05) is 30.2 Å². The number of hydrogen-bond donors (Lipinski definition) is 4. The number of carbonyl (C=O) groups is 2. The molecule has 0 bridgehead atoms. The van der Waals surface area contributed by atoms with Crippen molar-refractivity contribution >= 4 is 34.1 Å². The van der Waals surface area contributed by atoms with Crippen molar-refractivity contribution in [2.75, 3.05) is 17.3 Å². The van der Waals surface area contributed by atoms with E-state index in [4.69, 9.17) is 5.73 Å². The molecular formula is C25H21FN4O4. The van der Waals surface area contributed by atoms with Crippen LogP contribution in [-0.4, -0.2) is 29.0 Å². The van der Waals surface area contributed by atoms with Gasteiger partial charge in [-0.25, -0.2) is 4.39 Å². The summed E-state index contributed by atoms with van der Waals surface area (Å²) in [6.45, 7) is 0.422. The third-order valence-corrected chi connectivity index (χ3v) is 5.37. The van der Waals surface area contributed by atoms with Crippen LogP contribution < -0.4 is 21.5 Å². The molecular weight excluding hydrogens is 439 g/mol. The Labute approximate surface area is 193 Å². The predicted molar refractivity (Wildman–Crippen MR) is 128 cm³/mol. The van der Waals surface area contributed by atoms with E-state index in [1.165, 1.54) is 30.3 Å². The summed E-state index contributed by atoms with van der Waals surface area (Å²) in [5, 5.41) is 13.3. The van der Waals surface area contributed by atoms with Crippen molar-refractivity contribution in [2.45, 2.75) is 6.54 Å². The Morgan fingerprint density at radius 2 is 1.76 bits per heavy atom. The van der Waals surface area contributed by atoms with Gasteiger partial charge in [0.1, 0.15) is 17.1 Å². The number of benzene rings is 3. The first-order valence-corrected chi connectivity index (χ1v) is 10.3. The van der Waals surface area contributed by atoms with E-state index in [0.717, 1.165) is 11.6 Å². The quantitative estimate of drug-likeness (QED) is 0.351. The minimum absolute atomic E-state index is 0.0104. The average molecular weight is 460 g/mol. The number of carbonyl (C=O) groups excluding carboxylic acids is 2. The topological polar surface area (TPSA) is 129 Å². The number of primary amides is 1. The minimum atomic E-state index is -0.893. The molecule has 0 atom stereocenters. The average Bonchev–Trinajstić information content (AvgIpc) is 2.80.